The number of amides is 1. The van der Waals surface area contributed by atoms with E-state index >= 15 is 4.39 Å². The van der Waals surface area contributed by atoms with Crippen LogP contribution in [0.3, 0.4) is 0 Å². The number of benzene rings is 2. The Kier molecular flexibility index (Phi) is 5.57. The summed E-state index contributed by atoms with van der Waals surface area (Å²) in [6.45, 7) is 2.55. The van der Waals surface area contributed by atoms with E-state index in [9.17, 15) is 9.90 Å². The van der Waals surface area contributed by atoms with Gasteiger partial charge < -0.3 is 25.0 Å². The number of phenols is 1. The monoisotopic (exact) mass is 554 g/mol. The van der Waals surface area contributed by atoms with Crippen LogP contribution in [-0.2, 0) is 4.79 Å². The molecule has 0 aliphatic carbocycles. The molecular weight excluding hydrogens is 523 g/mol. The zero-order valence-corrected chi connectivity index (χ0v) is 22.6. The molecule has 2 aromatic heterocycles. The third-order valence-corrected chi connectivity index (χ3v) is 9.43. The number of rotatable bonds is 5. The average Bonchev–Trinajstić information content (AvgIpc) is 3.65. The smallest absolute Gasteiger partial charge is 0.319 e. The molecule has 0 spiro atoms. The molecule has 2 bridgehead atoms. The van der Waals surface area contributed by atoms with Gasteiger partial charge in [-0.25, -0.2) is 4.39 Å². The lowest BCUT2D eigenvalue weighted by Gasteiger charge is -2.34. The lowest BCUT2D eigenvalue weighted by atomic mass is 9.95. The maximum absolute atomic E-state index is 16.5. The molecular formula is C31H31FN6O3. The maximum atomic E-state index is 16.5. The summed E-state index contributed by atoms with van der Waals surface area (Å²) in [6.07, 6.45) is 6.95. The Hall–Kier alpha value is -4.05. The minimum Gasteiger partial charge on any atom is -0.508 e. The van der Waals surface area contributed by atoms with E-state index in [4.69, 9.17) is 9.72 Å². The SMILES string of the molecule is O=C1CCC2(COc3nc(N4CC5CCC(C4)N5)c4cnc(-c5cc(O)cc6ccccc56)c(F)c4n3)CCCN12. The summed E-state index contributed by atoms with van der Waals surface area (Å²) in [5.41, 5.74) is 0.401. The third-order valence-electron chi connectivity index (χ3n) is 9.43. The van der Waals surface area contributed by atoms with Crippen molar-refractivity contribution < 1.29 is 19.0 Å². The van der Waals surface area contributed by atoms with Gasteiger partial charge in [0, 0.05) is 49.9 Å². The zero-order chi connectivity index (χ0) is 27.7. The van der Waals surface area contributed by atoms with Crippen molar-refractivity contribution in [3.05, 3.63) is 48.4 Å². The molecule has 3 atom stereocenters. The normalized spacial score (nSPS) is 25.4. The highest BCUT2D eigenvalue weighted by Crippen LogP contribution is 2.41. The Morgan fingerprint density at radius 3 is 2.78 bits per heavy atom. The van der Waals surface area contributed by atoms with Crippen LogP contribution in [0, 0.1) is 5.82 Å². The topological polar surface area (TPSA) is 104 Å². The van der Waals surface area contributed by atoms with Crippen molar-refractivity contribution in [2.24, 2.45) is 0 Å². The number of phenolic OH excluding ortho intramolecular Hbond substituents is 1. The number of carbonyl (C=O) groups is 1. The van der Waals surface area contributed by atoms with Gasteiger partial charge >= 0.3 is 6.01 Å². The first kappa shape index (κ1) is 24.7. The predicted molar refractivity (Wildman–Crippen MR) is 152 cm³/mol. The summed E-state index contributed by atoms with van der Waals surface area (Å²) >= 11 is 0. The first-order valence-corrected chi connectivity index (χ1v) is 14.5. The second-order valence-corrected chi connectivity index (χ2v) is 11.9. The Morgan fingerprint density at radius 1 is 1.10 bits per heavy atom. The third kappa shape index (κ3) is 3.99. The van der Waals surface area contributed by atoms with E-state index < -0.39 is 5.82 Å². The summed E-state index contributed by atoms with van der Waals surface area (Å²) in [5.74, 6) is 0.240. The minimum atomic E-state index is -0.582. The van der Waals surface area contributed by atoms with Gasteiger partial charge in [-0.15, -0.1) is 0 Å². The molecule has 2 N–H and O–H groups in total. The van der Waals surface area contributed by atoms with Crippen molar-refractivity contribution in [1.82, 2.24) is 25.2 Å². The van der Waals surface area contributed by atoms with Gasteiger partial charge in [-0.2, -0.15) is 9.97 Å². The van der Waals surface area contributed by atoms with Gasteiger partial charge in [-0.1, -0.05) is 24.3 Å². The Balaban J connectivity index is 1.25. The molecule has 41 heavy (non-hydrogen) atoms. The Bertz CT molecular complexity index is 1700. The maximum Gasteiger partial charge on any atom is 0.319 e. The highest BCUT2D eigenvalue weighted by Gasteiger charge is 2.49. The number of pyridine rings is 1. The van der Waals surface area contributed by atoms with Crippen molar-refractivity contribution in [2.75, 3.05) is 31.1 Å². The number of piperazine rings is 1. The van der Waals surface area contributed by atoms with Crippen LogP contribution < -0.4 is 15.0 Å². The van der Waals surface area contributed by atoms with Gasteiger partial charge in [0.25, 0.3) is 0 Å². The first-order valence-electron chi connectivity index (χ1n) is 14.5. The van der Waals surface area contributed by atoms with Gasteiger partial charge in [0.1, 0.15) is 29.4 Å². The molecule has 9 nitrogen and oxygen atoms in total. The van der Waals surface area contributed by atoms with Gasteiger partial charge in [-0.3, -0.25) is 9.78 Å². The number of halogens is 1. The van der Waals surface area contributed by atoms with Crippen LogP contribution in [0.25, 0.3) is 32.9 Å². The number of carbonyl (C=O) groups excluding carboxylic acids is 1. The van der Waals surface area contributed by atoms with E-state index in [2.05, 4.69) is 20.2 Å². The van der Waals surface area contributed by atoms with Crippen LogP contribution in [0.1, 0.15) is 38.5 Å². The predicted octanol–water partition coefficient (Wildman–Crippen LogP) is 4.16. The van der Waals surface area contributed by atoms with Gasteiger partial charge in [0.15, 0.2) is 5.82 Å². The second-order valence-electron chi connectivity index (χ2n) is 11.9. The first-order chi connectivity index (χ1) is 20.0. The number of hydrogen-bond donors (Lipinski definition) is 2. The van der Waals surface area contributed by atoms with Crippen LogP contribution in [0.2, 0.25) is 0 Å². The summed E-state index contributed by atoms with van der Waals surface area (Å²) in [6, 6.07) is 11.5. The van der Waals surface area contributed by atoms with Crippen molar-refractivity contribution in [1.29, 1.82) is 0 Å². The molecule has 0 saturated carbocycles. The lowest BCUT2D eigenvalue weighted by Crippen LogP contribution is -2.51. The lowest BCUT2D eigenvalue weighted by molar-refractivity contribution is -0.130. The molecule has 6 heterocycles. The van der Waals surface area contributed by atoms with Crippen LogP contribution in [0.5, 0.6) is 11.8 Å². The molecule has 3 unspecified atom stereocenters. The Labute approximate surface area is 236 Å². The zero-order valence-electron chi connectivity index (χ0n) is 22.6. The van der Waals surface area contributed by atoms with E-state index in [1.807, 2.05) is 29.2 Å². The number of hydrogen-bond acceptors (Lipinski definition) is 8. The molecule has 1 amide bonds. The van der Waals surface area contributed by atoms with Gasteiger partial charge in [0.05, 0.1) is 10.9 Å². The molecule has 4 aliphatic heterocycles. The fourth-order valence-electron chi connectivity index (χ4n) is 7.46. The van der Waals surface area contributed by atoms with Crippen LogP contribution >= 0.6 is 0 Å². The van der Waals surface area contributed by atoms with Crippen LogP contribution in [-0.4, -0.2) is 74.7 Å². The van der Waals surface area contributed by atoms with E-state index in [0.29, 0.717) is 35.3 Å². The molecule has 4 fully saturated rings. The summed E-state index contributed by atoms with van der Waals surface area (Å²) < 4.78 is 22.8. The summed E-state index contributed by atoms with van der Waals surface area (Å²) in [7, 11) is 0. The van der Waals surface area contributed by atoms with Crippen molar-refractivity contribution in [3.63, 3.8) is 0 Å². The number of ether oxygens (including phenoxy) is 1. The molecule has 8 rings (SSSR count). The molecule has 210 valence electrons. The highest BCUT2D eigenvalue weighted by atomic mass is 19.1. The quantitative estimate of drug-likeness (QED) is 0.379. The van der Waals surface area contributed by atoms with Crippen molar-refractivity contribution >= 4 is 33.4 Å². The highest BCUT2D eigenvalue weighted by molar-refractivity contribution is 6.00. The molecule has 2 aromatic carbocycles. The average molecular weight is 555 g/mol. The van der Waals surface area contributed by atoms with Gasteiger partial charge in [-0.05, 0) is 55.0 Å². The second kappa shape index (κ2) is 9.24. The number of nitrogens with one attached hydrogen (secondary N) is 1. The summed E-state index contributed by atoms with van der Waals surface area (Å²) in [4.78, 5) is 30.6. The molecule has 10 heteroatoms. The summed E-state index contributed by atoms with van der Waals surface area (Å²) in [5, 5.41) is 16.2. The standard InChI is InChI=1S/C31H31FN6O3/c32-26-27(23-13-21(39)12-18-4-1-2-5-22(18)23)33-14-24-28(26)35-30(36-29(24)37-15-19-6-7-20(16-37)34-19)41-17-31-9-3-11-38(31)25(40)8-10-31/h1-2,4-5,12-14,19-20,34,39H,3,6-11,15-17H2. The minimum absolute atomic E-state index is 0.0372. The molecule has 4 aliphatic rings. The van der Waals surface area contributed by atoms with E-state index in [-0.39, 0.29) is 41.0 Å². The van der Waals surface area contributed by atoms with Crippen molar-refractivity contribution in [3.8, 4) is 23.0 Å². The van der Waals surface area contributed by atoms with Crippen molar-refractivity contribution in [2.45, 2.75) is 56.1 Å². The number of nitrogens with zero attached hydrogens (tertiary/aromatic N) is 5. The fourth-order valence-corrected chi connectivity index (χ4v) is 7.46. The Morgan fingerprint density at radius 2 is 1.93 bits per heavy atom. The number of anilines is 1. The van der Waals surface area contributed by atoms with E-state index in [0.717, 1.165) is 62.5 Å². The molecule has 4 saturated heterocycles. The largest absolute Gasteiger partial charge is 0.508 e. The van der Waals surface area contributed by atoms with Gasteiger partial charge in [0.2, 0.25) is 5.91 Å². The number of aromatic nitrogens is 3. The van der Waals surface area contributed by atoms with E-state index in [1.165, 1.54) is 6.07 Å². The molecule has 0 radical (unpaired) electrons. The molecule has 4 aromatic rings. The number of aromatic hydroxyl groups is 1. The fraction of sp³-hybridized carbons (Fsp3) is 0.419. The van der Waals surface area contributed by atoms with Crippen LogP contribution in [0.4, 0.5) is 10.2 Å². The van der Waals surface area contributed by atoms with Crippen LogP contribution in [0.15, 0.2) is 42.6 Å². The van der Waals surface area contributed by atoms with E-state index in [1.54, 1.807) is 12.3 Å². The number of fused-ring (bicyclic) bond motifs is 5.